The van der Waals surface area contributed by atoms with Gasteiger partial charge < -0.3 is 4.74 Å². The molecule has 0 N–H and O–H groups in total. The summed E-state index contributed by atoms with van der Waals surface area (Å²) in [4.78, 5) is 0. The van der Waals surface area contributed by atoms with Gasteiger partial charge >= 0.3 is 0 Å². The number of alkyl halides is 1. The Hall–Kier alpha value is -1.54. The van der Waals surface area contributed by atoms with Gasteiger partial charge in [0.05, 0.1) is 12.5 Å². The maximum absolute atomic E-state index is 13.9. The standard InChI is InChI=1S/C16H16ClFO/c1-11-6-3-4-7-12(11)10-13(17)16-14(18)8-5-9-15(16)19-2/h3-9,13H,10H2,1-2H3. The molecule has 2 aromatic rings. The lowest BCUT2D eigenvalue weighted by Crippen LogP contribution is -2.03. The Labute approximate surface area is 118 Å². The normalized spacial score (nSPS) is 12.2. The molecule has 0 aliphatic carbocycles. The van der Waals surface area contributed by atoms with Crippen LogP contribution in [0.25, 0.3) is 0 Å². The molecule has 0 aromatic heterocycles. The van der Waals surface area contributed by atoms with Crippen LogP contribution in [0.2, 0.25) is 0 Å². The molecule has 0 fully saturated rings. The molecular formula is C16H16ClFO. The second-order valence-corrected chi connectivity index (χ2v) is 4.98. The third-order valence-electron chi connectivity index (χ3n) is 3.21. The lowest BCUT2D eigenvalue weighted by Gasteiger charge is -2.16. The third kappa shape index (κ3) is 3.07. The number of ether oxygens (including phenoxy) is 1. The van der Waals surface area contributed by atoms with E-state index in [1.54, 1.807) is 12.1 Å². The van der Waals surface area contributed by atoms with Gasteiger partial charge in [0.2, 0.25) is 0 Å². The van der Waals surface area contributed by atoms with Crippen LogP contribution in [0.1, 0.15) is 22.1 Å². The van der Waals surface area contributed by atoms with Crippen molar-refractivity contribution >= 4 is 11.6 Å². The molecule has 100 valence electrons. The molecule has 0 aliphatic heterocycles. The van der Waals surface area contributed by atoms with Crippen LogP contribution >= 0.6 is 11.6 Å². The summed E-state index contributed by atoms with van der Waals surface area (Å²) in [7, 11) is 1.52. The van der Waals surface area contributed by atoms with E-state index < -0.39 is 5.38 Å². The molecule has 0 amide bonds. The van der Waals surface area contributed by atoms with Crippen molar-refractivity contribution in [2.45, 2.75) is 18.7 Å². The van der Waals surface area contributed by atoms with Crippen LogP contribution in [-0.4, -0.2) is 7.11 Å². The zero-order valence-corrected chi connectivity index (χ0v) is 11.7. The first-order valence-electron chi connectivity index (χ1n) is 6.14. The molecule has 0 aliphatic rings. The molecule has 2 aromatic carbocycles. The Balaban J connectivity index is 2.30. The Bertz CT molecular complexity index is 568. The zero-order chi connectivity index (χ0) is 13.8. The van der Waals surface area contributed by atoms with Gasteiger partial charge in [-0.05, 0) is 36.6 Å². The zero-order valence-electron chi connectivity index (χ0n) is 11.0. The van der Waals surface area contributed by atoms with E-state index in [1.807, 2.05) is 31.2 Å². The van der Waals surface area contributed by atoms with E-state index in [4.69, 9.17) is 16.3 Å². The van der Waals surface area contributed by atoms with Crippen molar-refractivity contribution in [1.29, 1.82) is 0 Å². The van der Waals surface area contributed by atoms with E-state index in [2.05, 4.69) is 0 Å². The van der Waals surface area contributed by atoms with Crippen LogP contribution < -0.4 is 4.74 Å². The minimum atomic E-state index is -0.447. The first kappa shape index (κ1) is 13.9. The van der Waals surface area contributed by atoms with E-state index in [-0.39, 0.29) is 5.82 Å². The Morgan fingerprint density at radius 3 is 2.58 bits per heavy atom. The fourth-order valence-electron chi connectivity index (χ4n) is 2.13. The van der Waals surface area contributed by atoms with E-state index in [1.165, 1.54) is 13.2 Å². The van der Waals surface area contributed by atoms with Gasteiger partial charge in [-0.2, -0.15) is 0 Å². The van der Waals surface area contributed by atoms with E-state index in [9.17, 15) is 4.39 Å². The summed E-state index contributed by atoms with van der Waals surface area (Å²) in [6.07, 6.45) is 0.575. The largest absolute Gasteiger partial charge is 0.496 e. The van der Waals surface area contributed by atoms with Crippen LogP contribution in [0.15, 0.2) is 42.5 Å². The van der Waals surface area contributed by atoms with Crippen LogP contribution in [0, 0.1) is 12.7 Å². The maximum atomic E-state index is 13.9. The van der Waals surface area contributed by atoms with Gasteiger partial charge in [-0.25, -0.2) is 4.39 Å². The molecule has 3 heteroatoms. The van der Waals surface area contributed by atoms with Crippen molar-refractivity contribution in [3.05, 3.63) is 65.0 Å². The molecule has 0 saturated heterocycles. The molecule has 19 heavy (non-hydrogen) atoms. The Morgan fingerprint density at radius 2 is 1.89 bits per heavy atom. The highest BCUT2D eigenvalue weighted by atomic mass is 35.5. The highest BCUT2D eigenvalue weighted by Crippen LogP contribution is 2.34. The summed E-state index contributed by atoms with van der Waals surface area (Å²) in [5.41, 5.74) is 2.70. The number of hydrogen-bond donors (Lipinski definition) is 0. The number of aryl methyl sites for hydroxylation is 1. The van der Waals surface area contributed by atoms with Gasteiger partial charge in [-0.3, -0.25) is 0 Å². The predicted octanol–water partition coefficient (Wildman–Crippen LogP) is 4.67. The molecule has 1 unspecified atom stereocenters. The molecular weight excluding hydrogens is 263 g/mol. The van der Waals surface area contributed by atoms with Crippen molar-refractivity contribution in [3.63, 3.8) is 0 Å². The van der Waals surface area contributed by atoms with Crippen molar-refractivity contribution in [2.24, 2.45) is 0 Å². The highest BCUT2D eigenvalue weighted by Gasteiger charge is 2.19. The lowest BCUT2D eigenvalue weighted by molar-refractivity contribution is 0.403. The van der Waals surface area contributed by atoms with Gasteiger partial charge in [-0.1, -0.05) is 30.3 Å². The fourth-order valence-corrected chi connectivity index (χ4v) is 2.51. The fraction of sp³-hybridized carbons (Fsp3) is 0.250. The van der Waals surface area contributed by atoms with Crippen molar-refractivity contribution in [2.75, 3.05) is 7.11 Å². The van der Waals surface area contributed by atoms with E-state index in [0.29, 0.717) is 17.7 Å². The monoisotopic (exact) mass is 278 g/mol. The van der Waals surface area contributed by atoms with E-state index >= 15 is 0 Å². The summed E-state index contributed by atoms with van der Waals surface area (Å²) >= 11 is 6.38. The SMILES string of the molecule is COc1cccc(F)c1C(Cl)Cc1ccccc1C. The quantitative estimate of drug-likeness (QED) is 0.739. The van der Waals surface area contributed by atoms with E-state index in [0.717, 1.165) is 11.1 Å². The number of rotatable bonds is 4. The predicted molar refractivity (Wildman–Crippen MR) is 76.4 cm³/mol. The van der Waals surface area contributed by atoms with Gasteiger partial charge in [0.1, 0.15) is 11.6 Å². The molecule has 2 rings (SSSR count). The van der Waals surface area contributed by atoms with Crippen LogP contribution in [0.3, 0.4) is 0 Å². The number of hydrogen-bond acceptors (Lipinski definition) is 1. The third-order valence-corrected chi connectivity index (χ3v) is 3.58. The summed E-state index contributed by atoms with van der Waals surface area (Å²) in [5, 5.41) is -0.447. The van der Waals surface area contributed by atoms with Crippen LogP contribution in [0.5, 0.6) is 5.75 Å². The summed E-state index contributed by atoms with van der Waals surface area (Å²) in [6.45, 7) is 2.03. The number of halogens is 2. The molecule has 0 saturated carbocycles. The van der Waals surface area contributed by atoms with Gasteiger partial charge in [0.15, 0.2) is 0 Å². The summed E-state index contributed by atoms with van der Waals surface area (Å²) < 4.78 is 19.1. The molecule has 0 bridgehead atoms. The molecule has 0 spiro atoms. The van der Waals surface area contributed by atoms with Gasteiger partial charge in [0.25, 0.3) is 0 Å². The molecule has 0 radical (unpaired) electrons. The second-order valence-electron chi connectivity index (χ2n) is 4.45. The molecule has 1 atom stereocenters. The average molecular weight is 279 g/mol. The first-order chi connectivity index (χ1) is 9.13. The number of methoxy groups -OCH3 is 1. The van der Waals surface area contributed by atoms with Crippen molar-refractivity contribution < 1.29 is 9.13 Å². The second kappa shape index (κ2) is 6.07. The number of benzene rings is 2. The smallest absolute Gasteiger partial charge is 0.131 e. The van der Waals surface area contributed by atoms with Gasteiger partial charge in [-0.15, -0.1) is 11.6 Å². The average Bonchev–Trinajstić information content (AvgIpc) is 2.40. The summed E-state index contributed by atoms with van der Waals surface area (Å²) in [6, 6.07) is 12.7. The van der Waals surface area contributed by atoms with Crippen LogP contribution in [0.4, 0.5) is 4.39 Å². The summed E-state index contributed by atoms with van der Waals surface area (Å²) in [5.74, 6) is 0.168. The highest BCUT2D eigenvalue weighted by molar-refractivity contribution is 6.21. The maximum Gasteiger partial charge on any atom is 0.131 e. The minimum Gasteiger partial charge on any atom is -0.496 e. The molecule has 1 nitrogen and oxygen atoms in total. The lowest BCUT2D eigenvalue weighted by atomic mass is 9.99. The first-order valence-corrected chi connectivity index (χ1v) is 6.58. The van der Waals surface area contributed by atoms with Crippen molar-refractivity contribution in [1.82, 2.24) is 0 Å². The van der Waals surface area contributed by atoms with Gasteiger partial charge in [0, 0.05) is 5.56 Å². The Morgan fingerprint density at radius 1 is 1.16 bits per heavy atom. The topological polar surface area (TPSA) is 9.23 Å². The Kier molecular flexibility index (Phi) is 4.43. The van der Waals surface area contributed by atoms with Crippen LogP contribution in [-0.2, 0) is 6.42 Å². The minimum absolute atomic E-state index is 0.326. The van der Waals surface area contributed by atoms with Crippen molar-refractivity contribution in [3.8, 4) is 5.75 Å². The molecule has 0 heterocycles.